The number of rotatable bonds is 4. The monoisotopic (exact) mass is 383 g/mol. The van der Waals surface area contributed by atoms with E-state index in [1.165, 1.54) is 18.6 Å². The molecular formula is C18H17N5O3S. The van der Waals surface area contributed by atoms with Gasteiger partial charge in [0.1, 0.15) is 5.82 Å². The quantitative estimate of drug-likeness (QED) is 0.544. The van der Waals surface area contributed by atoms with Crippen LogP contribution in [0.3, 0.4) is 0 Å². The van der Waals surface area contributed by atoms with E-state index in [0.29, 0.717) is 10.6 Å². The Morgan fingerprint density at radius 1 is 1.11 bits per heavy atom. The van der Waals surface area contributed by atoms with Crippen molar-refractivity contribution in [2.75, 3.05) is 5.32 Å². The van der Waals surface area contributed by atoms with E-state index >= 15 is 0 Å². The van der Waals surface area contributed by atoms with E-state index in [1.807, 2.05) is 12.1 Å². The molecule has 0 fully saturated rings. The van der Waals surface area contributed by atoms with Gasteiger partial charge in [-0.05, 0) is 43.2 Å². The third kappa shape index (κ3) is 3.59. The Morgan fingerprint density at radius 3 is 2.67 bits per heavy atom. The fourth-order valence-electron chi connectivity index (χ4n) is 3.14. The number of aromatic nitrogens is 3. The molecule has 9 heteroatoms. The van der Waals surface area contributed by atoms with Crippen LogP contribution in [-0.2, 0) is 13.0 Å². The van der Waals surface area contributed by atoms with Crippen LogP contribution in [0.4, 0.5) is 10.7 Å². The molecule has 2 aromatic heterocycles. The molecule has 1 N–H and O–H groups in total. The Hall–Kier alpha value is -3.07. The van der Waals surface area contributed by atoms with Gasteiger partial charge in [0, 0.05) is 30.3 Å². The Bertz CT molecular complexity index is 993. The lowest BCUT2D eigenvalue weighted by molar-refractivity contribution is -0.380. The number of nitrogens with one attached hydrogen (secondary N) is 1. The van der Waals surface area contributed by atoms with Crippen LogP contribution in [0.25, 0.3) is 11.4 Å². The molecule has 1 aromatic carbocycles. The van der Waals surface area contributed by atoms with Crippen molar-refractivity contribution in [3.05, 3.63) is 57.2 Å². The van der Waals surface area contributed by atoms with E-state index in [9.17, 15) is 14.9 Å². The highest BCUT2D eigenvalue weighted by atomic mass is 32.1. The van der Waals surface area contributed by atoms with Crippen molar-refractivity contribution in [1.29, 1.82) is 0 Å². The van der Waals surface area contributed by atoms with Crippen molar-refractivity contribution in [3.8, 4) is 11.4 Å². The van der Waals surface area contributed by atoms with Gasteiger partial charge in [-0.1, -0.05) is 17.8 Å². The smallest absolute Gasteiger partial charge is 0.321 e. The largest absolute Gasteiger partial charge is 0.324 e. The van der Waals surface area contributed by atoms with Crippen molar-refractivity contribution < 1.29 is 9.72 Å². The second-order valence-corrected chi connectivity index (χ2v) is 7.39. The number of thiophene rings is 1. The van der Waals surface area contributed by atoms with E-state index in [-0.39, 0.29) is 10.9 Å². The molecule has 1 aliphatic heterocycles. The molecule has 138 valence electrons. The summed E-state index contributed by atoms with van der Waals surface area (Å²) < 4.78 is 2.17. The van der Waals surface area contributed by atoms with E-state index < -0.39 is 4.92 Å². The molecule has 0 saturated heterocycles. The summed E-state index contributed by atoms with van der Waals surface area (Å²) in [4.78, 5) is 22.8. The predicted molar refractivity (Wildman–Crippen MR) is 102 cm³/mol. The van der Waals surface area contributed by atoms with Crippen LogP contribution in [0.5, 0.6) is 0 Å². The average molecular weight is 383 g/mol. The lowest BCUT2D eigenvalue weighted by Gasteiger charge is -2.08. The summed E-state index contributed by atoms with van der Waals surface area (Å²) in [5, 5.41) is 22.1. The topological polar surface area (TPSA) is 103 Å². The predicted octanol–water partition coefficient (Wildman–Crippen LogP) is 3.89. The van der Waals surface area contributed by atoms with Gasteiger partial charge in [-0.25, -0.2) is 0 Å². The van der Waals surface area contributed by atoms with Gasteiger partial charge < -0.3 is 9.88 Å². The average Bonchev–Trinajstić information content (AvgIpc) is 3.25. The Balaban J connectivity index is 1.50. The first-order chi connectivity index (χ1) is 13.1. The molecule has 0 atom stereocenters. The van der Waals surface area contributed by atoms with Gasteiger partial charge in [0.15, 0.2) is 5.82 Å². The number of hydrogen-bond acceptors (Lipinski definition) is 6. The Morgan fingerprint density at radius 2 is 1.93 bits per heavy atom. The number of anilines is 1. The maximum absolute atomic E-state index is 12.2. The third-order valence-electron chi connectivity index (χ3n) is 4.51. The summed E-state index contributed by atoms with van der Waals surface area (Å²) in [6.45, 7) is 0.924. The van der Waals surface area contributed by atoms with Crippen molar-refractivity contribution >= 4 is 27.9 Å². The molecule has 4 rings (SSSR count). The van der Waals surface area contributed by atoms with Gasteiger partial charge in [0.25, 0.3) is 5.91 Å². The molecule has 3 aromatic rings. The first-order valence-corrected chi connectivity index (χ1v) is 9.51. The van der Waals surface area contributed by atoms with Crippen LogP contribution in [0.15, 0.2) is 36.4 Å². The van der Waals surface area contributed by atoms with Crippen molar-refractivity contribution in [2.24, 2.45) is 0 Å². The molecule has 0 aliphatic carbocycles. The Kier molecular flexibility index (Phi) is 4.68. The highest BCUT2D eigenvalue weighted by Crippen LogP contribution is 2.26. The van der Waals surface area contributed by atoms with Gasteiger partial charge in [0.05, 0.1) is 9.80 Å². The summed E-state index contributed by atoms with van der Waals surface area (Å²) in [5.41, 5.74) is 1.57. The number of nitrogens with zero attached hydrogens (tertiary/aromatic N) is 4. The van der Waals surface area contributed by atoms with Gasteiger partial charge in [-0.15, -0.1) is 10.2 Å². The summed E-state index contributed by atoms with van der Waals surface area (Å²) in [5.74, 6) is 1.51. The molecule has 1 amide bonds. The Labute approximate surface area is 159 Å². The lowest BCUT2D eigenvalue weighted by atomic mass is 10.2. The number of amides is 1. The minimum Gasteiger partial charge on any atom is -0.321 e. The van der Waals surface area contributed by atoms with E-state index in [0.717, 1.165) is 54.4 Å². The fraction of sp³-hybridized carbons (Fsp3) is 0.278. The number of carbonyl (C=O) groups is 1. The molecule has 0 radical (unpaired) electrons. The lowest BCUT2D eigenvalue weighted by Crippen LogP contribution is -2.10. The molecular weight excluding hydrogens is 366 g/mol. The van der Waals surface area contributed by atoms with Gasteiger partial charge in [0.2, 0.25) is 0 Å². The maximum Gasteiger partial charge on any atom is 0.324 e. The molecule has 27 heavy (non-hydrogen) atoms. The number of aryl methyl sites for hydroxylation is 1. The number of hydrogen-bond donors (Lipinski definition) is 1. The van der Waals surface area contributed by atoms with Crippen LogP contribution < -0.4 is 5.32 Å². The van der Waals surface area contributed by atoms with Crippen molar-refractivity contribution in [2.45, 2.75) is 32.2 Å². The standard InChI is InChI=1S/C18H17N5O3S/c24-18(14-9-10-16(27-14)23(25)26)19-13-7-5-12(6-8-13)17-21-20-15-4-2-1-3-11-22(15)17/h5-10H,1-4,11H2,(H,19,24). The number of benzene rings is 1. The maximum atomic E-state index is 12.2. The van der Waals surface area contributed by atoms with Crippen LogP contribution in [-0.4, -0.2) is 25.6 Å². The molecule has 8 nitrogen and oxygen atoms in total. The highest BCUT2D eigenvalue weighted by Gasteiger charge is 2.17. The summed E-state index contributed by atoms with van der Waals surface area (Å²) >= 11 is 0.854. The third-order valence-corrected chi connectivity index (χ3v) is 5.54. The first kappa shape index (κ1) is 17.3. The van der Waals surface area contributed by atoms with Crippen molar-refractivity contribution in [1.82, 2.24) is 14.8 Å². The molecule has 0 bridgehead atoms. The molecule has 3 heterocycles. The summed E-state index contributed by atoms with van der Waals surface area (Å²) in [7, 11) is 0. The number of fused-ring (bicyclic) bond motifs is 1. The summed E-state index contributed by atoms with van der Waals surface area (Å²) in [6.07, 6.45) is 4.42. The minimum absolute atomic E-state index is 0.0528. The van der Waals surface area contributed by atoms with E-state index in [2.05, 4.69) is 20.1 Å². The van der Waals surface area contributed by atoms with Crippen LogP contribution in [0, 0.1) is 10.1 Å². The summed E-state index contributed by atoms with van der Waals surface area (Å²) in [6, 6.07) is 10.2. The van der Waals surface area contributed by atoms with E-state index in [1.54, 1.807) is 12.1 Å². The second-order valence-electron chi connectivity index (χ2n) is 6.33. The first-order valence-electron chi connectivity index (χ1n) is 8.70. The zero-order valence-electron chi connectivity index (χ0n) is 14.4. The zero-order valence-corrected chi connectivity index (χ0v) is 15.2. The SMILES string of the molecule is O=C(Nc1ccc(-c2nnc3n2CCCCC3)cc1)c1ccc([N+](=O)[O-])s1. The van der Waals surface area contributed by atoms with Crippen molar-refractivity contribution in [3.63, 3.8) is 0 Å². The van der Waals surface area contributed by atoms with Crippen LogP contribution in [0.2, 0.25) is 0 Å². The zero-order chi connectivity index (χ0) is 18.8. The van der Waals surface area contributed by atoms with E-state index in [4.69, 9.17) is 0 Å². The molecule has 0 unspecified atom stereocenters. The van der Waals surface area contributed by atoms with Crippen LogP contribution in [0.1, 0.15) is 34.8 Å². The van der Waals surface area contributed by atoms with Gasteiger partial charge in [-0.3, -0.25) is 14.9 Å². The fourth-order valence-corrected chi connectivity index (χ4v) is 3.86. The van der Waals surface area contributed by atoms with Gasteiger partial charge in [-0.2, -0.15) is 0 Å². The van der Waals surface area contributed by atoms with Crippen LogP contribution >= 0.6 is 11.3 Å². The normalized spacial score (nSPS) is 13.6. The highest BCUT2D eigenvalue weighted by molar-refractivity contribution is 7.17. The molecule has 0 saturated carbocycles. The second kappa shape index (κ2) is 7.28. The minimum atomic E-state index is -0.502. The molecule has 1 aliphatic rings. The number of nitro groups is 1. The van der Waals surface area contributed by atoms with Gasteiger partial charge >= 0.3 is 5.00 Å². The number of carbonyl (C=O) groups excluding carboxylic acids is 1. The molecule has 0 spiro atoms.